The first-order chi connectivity index (χ1) is 28.9. The standard InChI is InChI=1S/C45H48N4O11S2/c1-22(2)58-44(50)48-42-26(7)17-24(5)40(28(42)9)46-30-15-16-31-35(19-30)60-36-21-34(47-41-25(6)18-27(8)43(29(41)10)49-45(51)59-23(3)4)38(62(55,56)57)20-33(36)39(31)32-13-11-12-14-37(32)61(52,53)54/h11-23,46H,1-10H3,(H,48,50)(H,49,51)(H,52,53,54)(H,55,56,57)/b47-34-. The van der Waals surface area contributed by atoms with Gasteiger partial charge in [-0.1, -0.05) is 30.3 Å². The first kappa shape index (κ1) is 45.3. The third-order valence-electron chi connectivity index (χ3n) is 10.1. The molecule has 1 heterocycles. The number of nitrogens with zero attached hydrogens (tertiary/aromatic N) is 1. The highest BCUT2D eigenvalue weighted by Gasteiger charge is 2.27. The minimum absolute atomic E-state index is 0.0240. The summed E-state index contributed by atoms with van der Waals surface area (Å²) < 4.78 is 90.2. The average Bonchev–Trinajstić information content (AvgIpc) is 3.15. The maximum absolute atomic E-state index is 13.2. The lowest BCUT2D eigenvalue weighted by molar-refractivity contribution is 0.129. The summed E-state index contributed by atoms with van der Waals surface area (Å²) in [4.78, 5) is 28.9. The van der Waals surface area contributed by atoms with E-state index in [4.69, 9.17) is 18.9 Å². The molecular weight excluding hydrogens is 837 g/mol. The van der Waals surface area contributed by atoms with Crippen LogP contribution in [-0.4, -0.2) is 50.3 Å². The van der Waals surface area contributed by atoms with Crippen molar-refractivity contribution in [3.05, 3.63) is 105 Å². The summed E-state index contributed by atoms with van der Waals surface area (Å²) in [6.45, 7) is 17.8. The van der Waals surface area contributed by atoms with Crippen molar-refractivity contribution in [1.29, 1.82) is 0 Å². The number of benzene rings is 5. The summed E-state index contributed by atoms with van der Waals surface area (Å²) >= 11 is 0. The Labute approximate surface area is 360 Å². The highest BCUT2D eigenvalue weighted by Crippen LogP contribution is 2.44. The molecule has 2 amide bonds. The molecule has 0 aromatic heterocycles. The summed E-state index contributed by atoms with van der Waals surface area (Å²) in [7, 11) is -9.85. The fraction of sp³-hybridized carbons (Fsp3) is 0.267. The fourth-order valence-corrected chi connectivity index (χ4v) is 8.87. The number of aryl methyl sites for hydroxylation is 4. The predicted molar refractivity (Wildman–Crippen MR) is 238 cm³/mol. The van der Waals surface area contributed by atoms with Crippen LogP contribution in [0, 0.1) is 41.5 Å². The molecule has 326 valence electrons. The first-order valence-corrected chi connectivity index (χ1v) is 22.4. The lowest BCUT2D eigenvalue weighted by Crippen LogP contribution is -2.19. The summed E-state index contributed by atoms with van der Waals surface area (Å²) in [5.41, 5.74) is 7.15. The summed E-state index contributed by atoms with van der Waals surface area (Å²) in [6.07, 6.45) is -2.02. The summed E-state index contributed by atoms with van der Waals surface area (Å²) in [5.74, 6) is 0.0417. The van der Waals surface area contributed by atoms with Crippen LogP contribution < -0.4 is 21.3 Å². The van der Waals surface area contributed by atoms with E-state index in [9.17, 15) is 35.5 Å². The fourth-order valence-electron chi connectivity index (χ4n) is 7.53. The number of amides is 2. The number of carbonyl (C=O) groups is 2. The van der Waals surface area contributed by atoms with Gasteiger partial charge in [-0.15, -0.1) is 0 Å². The van der Waals surface area contributed by atoms with Crippen LogP contribution in [0.25, 0.3) is 33.4 Å². The van der Waals surface area contributed by atoms with Crippen LogP contribution in [-0.2, 0) is 29.7 Å². The number of nitrogens with one attached hydrogen (secondary N) is 3. The number of rotatable bonds is 10. The van der Waals surface area contributed by atoms with E-state index in [1.54, 1.807) is 78.8 Å². The molecule has 0 saturated heterocycles. The van der Waals surface area contributed by atoms with Gasteiger partial charge < -0.3 is 19.2 Å². The molecule has 0 saturated carbocycles. The van der Waals surface area contributed by atoms with E-state index in [1.807, 2.05) is 26.8 Å². The van der Waals surface area contributed by atoms with Gasteiger partial charge in [-0.05, 0) is 127 Å². The van der Waals surface area contributed by atoms with Crippen LogP contribution >= 0.6 is 0 Å². The number of hydrogen-bond donors (Lipinski definition) is 5. The third-order valence-corrected chi connectivity index (χ3v) is 11.9. The van der Waals surface area contributed by atoms with E-state index in [0.29, 0.717) is 50.5 Å². The van der Waals surface area contributed by atoms with Crippen molar-refractivity contribution in [3.63, 3.8) is 0 Å². The number of ether oxygens (including phenoxy) is 2. The Bertz CT molecular complexity index is 3070. The van der Waals surface area contributed by atoms with Gasteiger partial charge in [0.05, 0.1) is 34.6 Å². The molecule has 4 aromatic carbocycles. The first-order valence-electron chi connectivity index (χ1n) is 19.5. The quantitative estimate of drug-likeness (QED) is 0.0640. The van der Waals surface area contributed by atoms with Crippen LogP contribution in [0.3, 0.4) is 0 Å². The second kappa shape index (κ2) is 17.2. The zero-order chi connectivity index (χ0) is 45.6. The Morgan fingerprint density at radius 1 is 0.645 bits per heavy atom. The van der Waals surface area contributed by atoms with E-state index >= 15 is 0 Å². The third kappa shape index (κ3) is 9.45. The van der Waals surface area contributed by atoms with Crippen molar-refractivity contribution in [2.75, 3.05) is 16.0 Å². The molecule has 4 aromatic rings. The largest absolute Gasteiger partial charge is 0.456 e. The van der Waals surface area contributed by atoms with Crippen LogP contribution in [0.15, 0.2) is 85.9 Å². The number of fused-ring (bicyclic) bond motifs is 2. The van der Waals surface area contributed by atoms with Crippen molar-refractivity contribution in [3.8, 4) is 22.5 Å². The van der Waals surface area contributed by atoms with Crippen molar-refractivity contribution >= 4 is 71.8 Å². The van der Waals surface area contributed by atoms with Crippen molar-refractivity contribution in [1.82, 2.24) is 0 Å². The Morgan fingerprint density at radius 3 is 1.77 bits per heavy atom. The van der Waals surface area contributed by atoms with Crippen LogP contribution in [0.5, 0.6) is 0 Å². The molecule has 0 fully saturated rings. The maximum Gasteiger partial charge on any atom is 0.411 e. The Hall–Kier alpha value is -6.27. The molecule has 5 N–H and O–H groups in total. The highest BCUT2D eigenvalue weighted by molar-refractivity contribution is 7.86. The molecule has 17 heteroatoms. The molecule has 0 atom stereocenters. The second-order valence-corrected chi connectivity index (χ2v) is 18.4. The van der Waals surface area contributed by atoms with Gasteiger partial charge in [-0.25, -0.2) is 14.6 Å². The van der Waals surface area contributed by atoms with Crippen molar-refractivity contribution in [2.24, 2.45) is 4.99 Å². The van der Waals surface area contributed by atoms with Gasteiger partial charge in [0.2, 0.25) is 0 Å². The topological polar surface area (TPSA) is 223 Å². The molecule has 6 rings (SSSR count). The van der Waals surface area contributed by atoms with E-state index in [1.165, 1.54) is 24.3 Å². The molecule has 62 heavy (non-hydrogen) atoms. The number of carbonyl (C=O) groups excluding carboxylic acids is 2. The molecule has 0 radical (unpaired) electrons. The van der Waals surface area contributed by atoms with Gasteiger partial charge >= 0.3 is 12.2 Å². The lowest BCUT2D eigenvalue weighted by Gasteiger charge is -2.21. The molecule has 0 spiro atoms. The van der Waals surface area contributed by atoms with Gasteiger partial charge in [0.15, 0.2) is 0 Å². The zero-order valence-electron chi connectivity index (χ0n) is 35.8. The van der Waals surface area contributed by atoms with Crippen LogP contribution in [0.4, 0.5) is 38.0 Å². The number of anilines is 4. The molecular formula is C45H48N4O11S2. The molecule has 0 bridgehead atoms. The average molecular weight is 885 g/mol. The zero-order valence-corrected chi connectivity index (χ0v) is 37.5. The Morgan fingerprint density at radius 2 is 1.19 bits per heavy atom. The molecule has 1 aliphatic heterocycles. The number of hydrogen-bond acceptors (Lipinski definition) is 11. The van der Waals surface area contributed by atoms with Gasteiger partial charge in [0, 0.05) is 45.6 Å². The minimum Gasteiger partial charge on any atom is -0.456 e. The SMILES string of the molecule is Cc1cc(C)c(NC(=O)OC(C)C)c(C)c1/N=c1/cc2oc3cc(Nc4c(C)cc(C)c(NC(=O)OC(C)C)c4C)ccc3c(-c3ccccc3S(=O)(=O)O)c-2cc1S(=O)(=O)O. The normalized spacial score (nSPS) is 12.3. The van der Waals surface area contributed by atoms with Crippen molar-refractivity contribution < 1.29 is 49.4 Å². The van der Waals surface area contributed by atoms with E-state index < -0.39 is 48.3 Å². The van der Waals surface area contributed by atoms with Crippen molar-refractivity contribution in [2.45, 2.75) is 91.2 Å². The monoisotopic (exact) mass is 884 g/mol. The Kier molecular flexibility index (Phi) is 12.6. The van der Waals surface area contributed by atoms with E-state index in [2.05, 4.69) is 16.0 Å². The smallest absolute Gasteiger partial charge is 0.411 e. The molecule has 0 unspecified atom stereocenters. The Balaban J connectivity index is 1.64. The van der Waals surface area contributed by atoms with E-state index in [-0.39, 0.29) is 39.5 Å². The van der Waals surface area contributed by atoms with E-state index in [0.717, 1.165) is 22.8 Å². The second-order valence-electron chi connectivity index (χ2n) is 15.6. The van der Waals surface area contributed by atoms with Gasteiger partial charge in [-0.2, -0.15) is 16.8 Å². The van der Waals surface area contributed by atoms with Crippen LogP contribution in [0.1, 0.15) is 61.1 Å². The van der Waals surface area contributed by atoms with Gasteiger partial charge in [0.1, 0.15) is 21.1 Å². The maximum atomic E-state index is 13.2. The van der Waals surface area contributed by atoms with Gasteiger partial charge in [-0.3, -0.25) is 19.7 Å². The molecule has 1 aliphatic carbocycles. The van der Waals surface area contributed by atoms with Crippen LogP contribution in [0.2, 0.25) is 0 Å². The summed E-state index contributed by atoms with van der Waals surface area (Å²) in [6, 6.07) is 16.8. The lowest BCUT2D eigenvalue weighted by atomic mass is 9.93. The summed E-state index contributed by atoms with van der Waals surface area (Å²) in [5, 5.41) is 9.11. The highest BCUT2D eigenvalue weighted by atomic mass is 32.2. The molecule has 15 nitrogen and oxygen atoms in total. The van der Waals surface area contributed by atoms with Gasteiger partial charge in [0.25, 0.3) is 20.2 Å². The minimum atomic E-state index is -5.02. The molecule has 2 aliphatic rings. The predicted octanol–water partition coefficient (Wildman–Crippen LogP) is 10.4.